The van der Waals surface area contributed by atoms with Crippen LogP contribution in [0, 0.1) is 6.92 Å². The zero-order chi connectivity index (χ0) is 14.1. The molecule has 0 aromatic carbocycles. The molecule has 7 nitrogen and oxygen atoms in total. The predicted octanol–water partition coefficient (Wildman–Crippen LogP) is 1.53. The first-order valence-electron chi connectivity index (χ1n) is 6.10. The summed E-state index contributed by atoms with van der Waals surface area (Å²) in [7, 11) is 1.74. The van der Waals surface area contributed by atoms with Gasteiger partial charge in [0.25, 0.3) is 11.6 Å². The molecule has 1 N–H and O–H groups in total. The van der Waals surface area contributed by atoms with Crippen LogP contribution in [0.4, 0.5) is 0 Å². The van der Waals surface area contributed by atoms with Gasteiger partial charge in [0.15, 0.2) is 0 Å². The Kier molecular flexibility index (Phi) is 2.94. The normalized spacial score (nSPS) is 10.9. The van der Waals surface area contributed by atoms with Crippen LogP contribution in [0.5, 0.6) is 0 Å². The van der Waals surface area contributed by atoms with Crippen molar-refractivity contribution in [1.82, 2.24) is 25.2 Å². The molecule has 0 saturated carbocycles. The maximum atomic E-state index is 12.4. The molecule has 0 aliphatic rings. The molecule has 3 aromatic rings. The molecule has 0 spiro atoms. The summed E-state index contributed by atoms with van der Waals surface area (Å²) in [6.07, 6.45) is 4.95. The van der Waals surface area contributed by atoms with Gasteiger partial charge >= 0.3 is 0 Å². The number of nitrogens with one attached hydrogen (secondary N) is 1. The second-order valence-electron chi connectivity index (χ2n) is 4.61. The Morgan fingerprint density at radius 3 is 3.05 bits per heavy atom. The topological polar surface area (TPSA) is 87.9 Å². The third-order valence-electron chi connectivity index (χ3n) is 3.08. The van der Waals surface area contributed by atoms with Crippen molar-refractivity contribution in [2.75, 3.05) is 7.05 Å². The fourth-order valence-corrected chi connectivity index (χ4v) is 1.99. The van der Waals surface area contributed by atoms with Gasteiger partial charge in [-0.05, 0) is 13.0 Å². The van der Waals surface area contributed by atoms with E-state index in [1.807, 2.05) is 6.92 Å². The summed E-state index contributed by atoms with van der Waals surface area (Å²) in [5, 5.41) is 11.2. The van der Waals surface area contributed by atoms with E-state index in [1.165, 1.54) is 6.20 Å². The first-order valence-corrected chi connectivity index (χ1v) is 6.10. The van der Waals surface area contributed by atoms with E-state index in [1.54, 1.807) is 30.4 Å². The highest BCUT2D eigenvalue weighted by molar-refractivity contribution is 5.96. The first kappa shape index (κ1) is 12.3. The average Bonchev–Trinajstić information content (AvgIpc) is 3.08. The predicted molar refractivity (Wildman–Crippen MR) is 70.9 cm³/mol. The second-order valence-corrected chi connectivity index (χ2v) is 4.61. The lowest BCUT2D eigenvalue weighted by molar-refractivity contribution is 0.0785. The summed E-state index contributed by atoms with van der Waals surface area (Å²) in [5.41, 5.74) is 2.61. The summed E-state index contributed by atoms with van der Waals surface area (Å²) in [6, 6.07) is 1.75. The van der Waals surface area contributed by atoms with Crippen LogP contribution in [-0.4, -0.2) is 38.2 Å². The molecule has 3 rings (SSSR count). The van der Waals surface area contributed by atoms with E-state index in [-0.39, 0.29) is 5.91 Å². The number of amides is 1. The van der Waals surface area contributed by atoms with E-state index in [0.29, 0.717) is 17.8 Å². The van der Waals surface area contributed by atoms with Crippen molar-refractivity contribution < 1.29 is 9.32 Å². The highest BCUT2D eigenvalue weighted by Crippen LogP contribution is 2.17. The van der Waals surface area contributed by atoms with Gasteiger partial charge in [0, 0.05) is 31.5 Å². The third kappa shape index (κ3) is 2.13. The Balaban J connectivity index is 1.85. The van der Waals surface area contributed by atoms with Crippen molar-refractivity contribution in [2.45, 2.75) is 13.5 Å². The van der Waals surface area contributed by atoms with Crippen molar-refractivity contribution in [3.05, 3.63) is 41.5 Å². The van der Waals surface area contributed by atoms with Crippen LogP contribution in [0.2, 0.25) is 0 Å². The molecule has 0 fully saturated rings. The largest absolute Gasteiger partial charge is 0.337 e. The molecule has 0 saturated heterocycles. The van der Waals surface area contributed by atoms with E-state index >= 15 is 0 Å². The molecule has 102 valence electrons. The average molecular weight is 271 g/mol. The van der Waals surface area contributed by atoms with E-state index in [2.05, 4.69) is 20.3 Å². The van der Waals surface area contributed by atoms with E-state index in [4.69, 9.17) is 4.52 Å². The number of aryl methyl sites for hydroxylation is 1. The Labute approximate surface area is 114 Å². The highest BCUT2D eigenvalue weighted by atomic mass is 16.5. The summed E-state index contributed by atoms with van der Waals surface area (Å²) < 4.78 is 5.03. The molecule has 0 unspecified atom stereocenters. The summed E-state index contributed by atoms with van der Waals surface area (Å²) in [6.45, 7) is 2.30. The van der Waals surface area contributed by atoms with Crippen LogP contribution in [0.25, 0.3) is 11.1 Å². The summed E-state index contributed by atoms with van der Waals surface area (Å²) in [4.78, 5) is 18.1. The molecular weight excluding hydrogens is 258 g/mol. The number of fused-ring (bicyclic) bond motifs is 1. The molecule has 20 heavy (non-hydrogen) atoms. The van der Waals surface area contributed by atoms with Crippen LogP contribution in [-0.2, 0) is 6.54 Å². The summed E-state index contributed by atoms with van der Waals surface area (Å²) in [5.74, 6) is -0.110. The van der Waals surface area contributed by atoms with Crippen molar-refractivity contribution in [3.8, 4) is 0 Å². The van der Waals surface area contributed by atoms with Gasteiger partial charge in [-0.2, -0.15) is 5.10 Å². The van der Waals surface area contributed by atoms with Crippen LogP contribution in [0.1, 0.15) is 21.6 Å². The maximum absolute atomic E-state index is 12.4. The molecule has 7 heteroatoms. The van der Waals surface area contributed by atoms with Crippen molar-refractivity contribution in [1.29, 1.82) is 0 Å². The molecule has 0 bridgehead atoms. The van der Waals surface area contributed by atoms with Crippen LogP contribution in [0.15, 0.2) is 29.2 Å². The molecule has 0 aliphatic heterocycles. The number of carbonyl (C=O) groups excluding carboxylic acids is 1. The molecular formula is C13H13N5O2. The lowest BCUT2D eigenvalue weighted by Crippen LogP contribution is -2.26. The minimum Gasteiger partial charge on any atom is -0.337 e. The SMILES string of the molecule is Cc1noc2ncc(C(=O)N(C)Cc3cn[nH]c3)cc12. The van der Waals surface area contributed by atoms with Crippen LogP contribution >= 0.6 is 0 Å². The van der Waals surface area contributed by atoms with Gasteiger partial charge in [-0.1, -0.05) is 5.16 Å². The minimum absolute atomic E-state index is 0.110. The number of carbonyl (C=O) groups is 1. The fraction of sp³-hybridized carbons (Fsp3) is 0.231. The van der Waals surface area contributed by atoms with E-state index < -0.39 is 0 Å². The molecule has 0 atom stereocenters. The number of aromatic amines is 1. The van der Waals surface area contributed by atoms with Crippen molar-refractivity contribution >= 4 is 17.0 Å². The number of nitrogens with zero attached hydrogens (tertiary/aromatic N) is 4. The minimum atomic E-state index is -0.110. The molecule has 1 amide bonds. The fourth-order valence-electron chi connectivity index (χ4n) is 1.99. The third-order valence-corrected chi connectivity index (χ3v) is 3.08. The monoisotopic (exact) mass is 271 g/mol. The lowest BCUT2D eigenvalue weighted by Gasteiger charge is -2.15. The van der Waals surface area contributed by atoms with Gasteiger partial charge in [-0.3, -0.25) is 9.89 Å². The highest BCUT2D eigenvalue weighted by Gasteiger charge is 2.15. The zero-order valence-corrected chi connectivity index (χ0v) is 11.1. The Morgan fingerprint density at radius 1 is 1.45 bits per heavy atom. The molecule has 0 radical (unpaired) electrons. The molecule has 0 aliphatic carbocycles. The number of pyridine rings is 1. The number of hydrogen-bond donors (Lipinski definition) is 1. The Morgan fingerprint density at radius 2 is 2.30 bits per heavy atom. The van der Waals surface area contributed by atoms with Gasteiger partial charge in [0.05, 0.1) is 22.8 Å². The first-order chi connectivity index (χ1) is 9.65. The number of aromatic nitrogens is 4. The van der Waals surface area contributed by atoms with Gasteiger partial charge in [-0.25, -0.2) is 4.98 Å². The number of H-pyrrole nitrogens is 1. The zero-order valence-electron chi connectivity index (χ0n) is 11.1. The maximum Gasteiger partial charge on any atom is 0.257 e. The van der Waals surface area contributed by atoms with Gasteiger partial charge < -0.3 is 9.42 Å². The second kappa shape index (κ2) is 4.76. The Hall–Kier alpha value is -2.70. The van der Waals surface area contributed by atoms with Crippen LogP contribution < -0.4 is 0 Å². The van der Waals surface area contributed by atoms with Gasteiger partial charge in [0.1, 0.15) is 0 Å². The standard InChI is InChI=1S/C13H13N5O2/c1-8-11-3-10(6-14-12(11)20-17-8)13(19)18(2)7-9-4-15-16-5-9/h3-6H,7H2,1-2H3,(H,15,16). The van der Waals surface area contributed by atoms with Gasteiger partial charge in [0.2, 0.25) is 0 Å². The van der Waals surface area contributed by atoms with Crippen molar-refractivity contribution in [3.63, 3.8) is 0 Å². The number of hydrogen-bond acceptors (Lipinski definition) is 5. The van der Waals surface area contributed by atoms with Gasteiger partial charge in [-0.15, -0.1) is 0 Å². The van der Waals surface area contributed by atoms with Crippen molar-refractivity contribution in [2.24, 2.45) is 0 Å². The smallest absolute Gasteiger partial charge is 0.257 e. The number of rotatable bonds is 3. The molecule has 3 aromatic heterocycles. The molecule has 3 heterocycles. The summed E-state index contributed by atoms with van der Waals surface area (Å²) >= 11 is 0. The quantitative estimate of drug-likeness (QED) is 0.780. The van der Waals surface area contributed by atoms with E-state index in [0.717, 1.165) is 16.6 Å². The van der Waals surface area contributed by atoms with Crippen LogP contribution in [0.3, 0.4) is 0 Å². The Bertz CT molecular complexity index is 747. The lowest BCUT2D eigenvalue weighted by atomic mass is 10.2. The van der Waals surface area contributed by atoms with E-state index in [9.17, 15) is 4.79 Å².